The number of nitrogens with one attached hydrogen (secondary N) is 1. The van der Waals surface area contributed by atoms with E-state index in [-0.39, 0.29) is 43.5 Å². The first kappa shape index (κ1) is 26.8. The molecule has 0 aliphatic carbocycles. The molecule has 8 nitrogen and oxygen atoms in total. The van der Waals surface area contributed by atoms with E-state index < -0.39 is 17.8 Å². The maximum Gasteiger partial charge on any atom is 0.254 e. The number of amides is 3. The Morgan fingerprint density at radius 2 is 1.95 bits per heavy atom. The van der Waals surface area contributed by atoms with Gasteiger partial charge in [0.15, 0.2) is 0 Å². The monoisotopic (exact) mass is 509 g/mol. The van der Waals surface area contributed by atoms with E-state index in [9.17, 15) is 18.8 Å². The fraction of sp³-hybridized carbons (Fsp3) is 0.444. The lowest BCUT2D eigenvalue weighted by Gasteiger charge is -2.35. The molecule has 2 aliphatic rings. The quantitative estimate of drug-likeness (QED) is 0.548. The summed E-state index contributed by atoms with van der Waals surface area (Å²) in [6.45, 7) is 8.16. The van der Waals surface area contributed by atoms with E-state index in [0.717, 1.165) is 18.7 Å². The van der Waals surface area contributed by atoms with Gasteiger partial charge in [-0.2, -0.15) is 0 Å². The van der Waals surface area contributed by atoms with Gasteiger partial charge < -0.3 is 14.4 Å². The number of hydrogen-bond donors (Lipinski definition) is 1. The van der Waals surface area contributed by atoms with E-state index in [1.807, 2.05) is 19.9 Å². The maximum absolute atomic E-state index is 14.9. The first-order valence-electron chi connectivity index (χ1n) is 12.7. The van der Waals surface area contributed by atoms with Crippen molar-refractivity contribution in [2.24, 2.45) is 0 Å². The molecule has 2 aromatic rings. The topological polar surface area (TPSA) is 88.2 Å². The molecule has 4 rings (SSSR count). The molecule has 0 bridgehead atoms. The fourth-order valence-electron chi connectivity index (χ4n) is 4.88. The molecular formula is C27H33BFN3O5. The summed E-state index contributed by atoms with van der Waals surface area (Å²) in [6.07, 6.45) is 0.467. The normalized spacial score (nSPS) is 20.4. The lowest BCUT2D eigenvalue weighted by molar-refractivity contribution is -0.131. The van der Waals surface area contributed by atoms with Crippen LogP contribution in [0.25, 0.3) is 0 Å². The lowest BCUT2D eigenvalue weighted by Crippen LogP contribution is -2.49. The summed E-state index contributed by atoms with van der Waals surface area (Å²) in [7, 11) is 1.58. The summed E-state index contributed by atoms with van der Waals surface area (Å²) in [5.74, 6) is -1.95. The van der Waals surface area contributed by atoms with Crippen LogP contribution < -0.4 is 10.1 Å². The number of hydrogen-bond acceptors (Lipinski definition) is 6. The smallest absolute Gasteiger partial charge is 0.254 e. The molecule has 3 amide bonds. The van der Waals surface area contributed by atoms with Crippen LogP contribution in [0.15, 0.2) is 36.4 Å². The van der Waals surface area contributed by atoms with Gasteiger partial charge in [-0.25, -0.2) is 4.39 Å². The first-order chi connectivity index (χ1) is 17.7. The highest BCUT2D eigenvalue weighted by atomic mass is 19.1. The zero-order valence-corrected chi connectivity index (χ0v) is 21.8. The molecule has 196 valence electrons. The predicted molar refractivity (Wildman–Crippen MR) is 138 cm³/mol. The molecule has 2 aromatic carbocycles. The average Bonchev–Trinajstić information content (AvgIpc) is 3.19. The van der Waals surface area contributed by atoms with Crippen LogP contribution in [0.4, 0.5) is 4.39 Å². The van der Waals surface area contributed by atoms with Crippen LogP contribution in [0.3, 0.4) is 0 Å². The highest BCUT2D eigenvalue weighted by Crippen LogP contribution is 2.32. The first-order valence-corrected chi connectivity index (χ1v) is 12.7. The van der Waals surface area contributed by atoms with Crippen molar-refractivity contribution in [2.75, 3.05) is 13.1 Å². The third kappa shape index (κ3) is 6.19. The average molecular weight is 509 g/mol. The molecule has 2 heterocycles. The molecule has 1 fully saturated rings. The number of morpholine rings is 1. The molecule has 0 aromatic heterocycles. The van der Waals surface area contributed by atoms with Crippen LogP contribution in [0.2, 0.25) is 0 Å². The SMILES string of the molecule is BC(C(=O)NC(=O)CC)N1Cc2c(OCc3ccc(CN4CC(C)OC(C)C4)cc3F)cccc2C1=O. The lowest BCUT2D eigenvalue weighted by atomic mass is 9.93. The second kappa shape index (κ2) is 11.4. The van der Waals surface area contributed by atoms with Crippen LogP contribution in [0, 0.1) is 5.82 Å². The Bertz CT molecular complexity index is 1180. The summed E-state index contributed by atoms with van der Waals surface area (Å²) < 4.78 is 26.7. The minimum Gasteiger partial charge on any atom is -0.488 e. The van der Waals surface area contributed by atoms with Crippen LogP contribution in [0.5, 0.6) is 5.75 Å². The number of imide groups is 1. The van der Waals surface area contributed by atoms with E-state index in [1.54, 1.807) is 45.1 Å². The van der Waals surface area contributed by atoms with Crippen molar-refractivity contribution >= 4 is 25.6 Å². The summed E-state index contributed by atoms with van der Waals surface area (Å²) in [5.41, 5.74) is 2.38. The van der Waals surface area contributed by atoms with Crippen LogP contribution in [-0.2, 0) is 34.0 Å². The molecule has 0 radical (unpaired) electrons. The van der Waals surface area contributed by atoms with Crippen molar-refractivity contribution in [1.29, 1.82) is 0 Å². The number of fused-ring (bicyclic) bond motifs is 1. The van der Waals surface area contributed by atoms with Crippen molar-refractivity contribution in [1.82, 2.24) is 15.1 Å². The van der Waals surface area contributed by atoms with E-state index >= 15 is 0 Å². The minimum absolute atomic E-state index is 0.00339. The molecule has 3 unspecified atom stereocenters. The van der Waals surface area contributed by atoms with Crippen molar-refractivity contribution < 1.29 is 28.2 Å². The van der Waals surface area contributed by atoms with E-state index in [1.165, 1.54) is 4.90 Å². The summed E-state index contributed by atoms with van der Waals surface area (Å²) >= 11 is 0. The molecule has 2 aliphatic heterocycles. The highest BCUT2D eigenvalue weighted by Gasteiger charge is 2.35. The number of ether oxygens (including phenoxy) is 2. The molecule has 0 spiro atoms. The van der Waals surface area contributed by atoms with Crippen molar-refractivity contribution in [3.8, 4) is 5.75 Å². The summed E-state index contributed by atoms with van der Waals surface area (Å²) in [4.78, 5) is 40.6. The Labute approximate surface area is 217 Å². The number of rotatable bonds is 8. The third-order valence-electron chi connectivity index (χ3n) is 6.79. The molecule has 0 saturated carbocycles. The van der Waals surface area contributed by atoms with E-state index in [2.05, 4.69) is 10.2 Å². The van der Waals surface area contributed by atoms with Gasteiger partial charge in [0.1, 0.15) is 26.0 Å². The minimum atomic E-state index is -0.828. The largest absolute Gasteiger partial charge is 0.488 e. The number of carbonyl (C=O) groups excluding carboxylic acids is 3. The van der Waals surface area contributed by atoms with Gasteiger partial charge in [-0.3, -0.25) is 24.6 Å². The highest BCUT2D eigenvalue weighted by molar-refractivity contribution is 6.27. The molecule has 37 heavy (non-hydrogen) atoms. The Kier molecular flexibility index (Phi) is 8.29. The summed E-state index contributed by atoms with van der Waals surface area (Å²) in [5, 5.41) is 2.30. The van der Waals surface area contributed by atoms with Gasteiger partial charge in [0.25, 0.3) is 5.91 Å². The van der Waals surface area contributed by atoms with Crippen LogP contribution in [-0.4, -0.2) is 66.6 Å². The maximum atomic E-state index is 14.9. The number of halogens is 1. The summed E-state index contributed by atoms with van der Waals surface area (Å²) in [6, 6.07) is 10.3. The zero-order chi connectivity index (χ0) is 26.7. The molecule has 1 saturated heterocycles. The van der Waals surface area contributed by atoms with Gasteiger partial charge >= 0.3 is 0 Å². The molecule has 10 heteroatoms. The van der Waals surface area contributed by atoms with Gasteiger partial charge in [0.2, 0.25) is 11.8 Å². The second-order valence-corrected chi connectivity index (χ2v) is 9.82. The molecule has 1 N–H and O–H groups in total. The Hall–Kier alpha value is -3.24. The third-order valence-corrected chi connectivity index (χ3v) is 6.79. The van der Waals surface area contributed by atoms with Gasteiger partial charge in [0.05, 0.1) is 24.7 Å². The van der Waals surface area contributed by atoms with Gasteiger partial charge in [-0.1, -0.05) is 25.1 Å². The Balaban J connectivity index is 1.41. The number of nitrogens with zero attached hydrogens (tertiary/aromatic N) is 2. The number of benzene rings is 2. The van der Waals surface area contributed by atoms with Crippen molar-refractivity contribution in [3.63, 3.8) is 0 Å². The molecule has 3 atom stereocenters. The van der Waals surface area contributed by atoms with Crippen molar-refractivity contribution in [2.45, 2.75) is 65.0 Å². The number of carbonyl (C=O) groups is 3. The van der Waals surface area contributed by atoms with Gasteiger partial charge in [-0.15, -0.1) is 0 Å². The second-order valence-electron chi connectivity index (χ2n) is 9.82. The zero-order valence-electron chi connectivity index (χ0n) is 21.8. The van der Waals surface area contributed by atoms with Crippen molar-refractivity contribution in [3.05, 3.63) is 64.5 Å². The Morgan fingerprint density at radius 3 is 2.62 bits per heavy atom. The fourth-order valence-corrected chi connectivity index (χ4v) is 4.88. The van der Waals surface area contributed by atoms with Gasteiger partial charge in [0, 0.05) is 42.7 Å². The van der Waals surface area contributed by atoms with E-state index in [4.69, 9.17) is 9.47 Å². The van der Waals surface area contributed by atoms with Crippen LogP contribution >= 0.6 is 0 Å². The standard InChI is InChI=1S/C27H33BFN3O5/c1-4-24(33)30-26(34)25(28)32-14-21-20(27(32)35)6-5-7-23(21)36-15-19-9-8-18(10-22(19)29)13-31-11-16(2)37-17(3)12-31/h5-10,16-17,25H,4,11-15,28H2,1-3H3,(H,30,33,34). The van der Waals surface area contributed by atoms with E-state index in [0.29, 0.717) is 29.0 Å². The van der Waals surface area contributed by atoms with Crippen LogP contribution in [0.1, 0.15) is 54.2 Å². The van der Waals surface area contributed by atoms with Gasteiger partial charge in [-0.05, 0) is 37.6 Å². The Morgan fingerprint density at radius 1 is 1.22 bits per heavy atom. The predicted octanol–water partition coefficient (Wildman–Crippen LogP) is 1.98. The molecular weight excluding hydrogens is 476 g/mol.